The van der Waals surface area contributed by atoms with Gasteiger partial charge in [-0.05, 0) is 68.7 Å². The highest BCUT2D eigenvalue weighted by molar-refractivity contribution is 7.86. The van der Waals surface area contributed by atoms with Crippen molar-refractivity contribution in [3.05, 3.63) is 99.1 Å². The zero-order valence-corrected chi connectivity index (χ0v) is 27.0. The van der Waals surface area contributed by atoms with Crippen LogP contribution in [0.5, 0.6) is 11.5 Å². The van der Waals surface area contributed by atoms with Crippen molar-refractivity contribution in [1.82, 2.24) is 5.43 Å². The van der Waals surface area contributed by atoms with Gasteiger partial charge in [0.1, 0.15) is 23.0 Å². The first-order chi connectivity index (χ1) is 21.3. The number of nitrogens with zero attached hydrogens (tertiary/aromatic N) is 1. The molecule has 0 atom stereocenters. The minimum absolute atomic E-state index is 0.319. The van der Waals surface area contributed by atoms with Crippen LogP contribution in [0.4, 0.5) is 5.69 Å². The molecular weight excluding hydrogens is 633 g/mol. The number of hydrogen-bond donors (Lipinski definition) is 5. The van der Waals surface area contributed by atoms with E-state index in [1.807, 2.05) is 27.7 Å². The molecule has 12 nitrogen and oxygen atoms in total. The summed E-state index contributed by atoms with van der Waals surface area (Å²) in [7, 11) is -8.76. The second kappa shape index (κ2) is 10.6. The Labute approximate surface area is 265 Å². The molecule has 240 valence electrons. The van der Waals surface area contributed by atoms with Crippen LogP contribution in [0.3, 0.4) is 0 Å². The number of amides is 1. The van der Waals surface area contributed by atoms with Crippen molar-refractivity contribution in [3.8, 4) is 11.5 Å². The van der Waals surface area contributed by atoms with Gasteiger partial charge in [0.2, 0.25) is 0 Å². The number of benzene rings is 3. The standard InChI is InChI=1S/C32H32N4O8S2/c1-31(2)13-19(15-45(38,39)40)21-9-23-27(11-25(21)34-31)44-28-12-26-22(20(16-46(41,42)43)14-32(3,4)35-26)10-24(28)29(23)17-5-7-18(8-6-17)30(37)36-33/h5-14,34H,15-16,33H2,1-4H3,(H,36,37)(H,38,39,40)(H,41,42,43). The van der Waals surface area contributed by atoms with E-state index in [0.717, 1.165) is 0 Å². The summed E-state index contributed by atoms with van der Waals surface area (Å²) in [5, 5.41) is 4.45. The molecule has 46 heavy (non-hydrogen) atoms. The summed E-state index contributed by atoms with van der Waals surface area (Å²) in [6, 6.07) is 13.7. The molecule has 0 radical (unpaired) electrons. The van der Waals surface area contributed by atoms with Crippen LogP contribution in [0.2, 0.25) is 0 Å². The number of hydrogen-bond acceptors (Lipinski definition) is 9. The summed E-state index contributed by atoms with van der Waals surface area (Å²) in [5.74, 6) is 4.50. The summed E-state index contributed by atoms with van der Waals surface area (Å²) in [5.41, 5.74) is 5.32. The van der Waals surface area contributed by atoms with Crippen LogP contribution in [-0.4, -0.2) is 54.4 Å². The zero-order chi connectivity index (χ0) is 33.4. The predicted octanol–water partition coefficient (Wildman–Crippen LogP) is 2.80. The van der Waals surface area contributed by atoms with Gasteiger partial charge in [-0.3, -0.25) is 24.3 Å². The zero-order valence-electron chi connectivity index (χ0n) is 25.4. The van der Waals surface area contributed by atoms with E-state index in [2.05, 4.69) is 10.7 Å². The number of nitrogen functional groups attached to an aromatic ring is 1. The minimum Gasteiger partial charge on any atom is -0.456 e. The fourth-order valence-corrected chi connectivity index (χ4v) is 7.51. The lowest BCUT2D eigenvalue weighted by Crippen LogP contribution is -2.33. The molecule has 3 aromatic rings. The summed E-state index contributed by atoms with van der Waals surface area (Å²) < 4.78 is 74.1. The maximum Gasteiger partial charge on any atom is 0.269 e. The average molecular weight is 665 g/mol. The van der Waals surface area contributed by atoms with Crippen LogP contribution in [0.15, 0.2) is 65.7 Å². The Morgan fingerprint density at radius 3 is 2.11 bits per heavy atom. The number of nitrogens with one attached hydrogen (secondary N) is 2. The fourth-order valence-electron chi connectivity index (χ4n) is 6.25. The third kappa shape index (κ3) is 6.22. The molecule has 3 aromatic carbocycles. The van der Waals surface area contributed by atoms with Gasteiger partial charge in [0, 0.05) is 50.9 Å². The lowest BCUT2D eigenvalue weighted by atomic mass is 9.85. The second-order valence-electron chi connectivity index (χ2n) is 12.7. The van der Waals surface area contributed by atoms with Gasteiger partial charge < -0.3 is 10.1 Å². The number of carbonyl (C=O) groups excluding carboxylic acids is 1. The van der Waals surface area contributed by atoms with Gasteiger partial charge >= 0.3 is 0 Å². The van der Waals surface area contributed by atoms with E-state index in [1.165, 1.54) is 0 Å². The van der Waals surface area contributed by atoms with Gasteiger partial charge in [-0.15, -0.1) is 0 Å². The van der Waals surface area contributed by atoms with Gasteiger partial charge in [-0.1, -0.05) is 24.3 Å². The minimum atomic E-state index is -4.39. The van der Waals surface area contributed by atoms with E-state index in [1.54, 1.807) is 60.7 Å². The summed E-state index contributed by atoms with van der Waals surface area (Å²) in [4.78, 5) is 17.0. The van der Waals surface area contributed by atoms with Crippen LogP contribution in [0, 0.1) is 0 Å². The van der Waals surface area contributed by atoms with E-state index >= 15 is 0 Å². The molecule has 0 aliphatic carbocycles. The highest BCUT2D eigenvalue weighted by atomic mass is 32.2. The molecule has 0 saturated carbocycles. The number of fused-ring (bicyclic) bond motifs is 4. The van der Waals surface area contributed by atoms with Gasteiger partial charge in [-0.2, -0.15) is 16.8 Å². The molecule has 0 aromatic heterocycles. The van der Waals surface area contributed by atoms with Gasteiger partial charge in [0.05, 0.1) is 16.4 Å². The molecule has 0 fully saturated rings. The summed E-state index contributed by atoms with van der Waals surface area (Å²) >= 11 is 0. The number of rotatable bonds is 6. The van der Waals surface area contributed by atoms with Gasteiger partial charge in [0.25, 0.3) is 26.1 Å². The molecule has 14 heteroatoms. The topological polar surface area (TPSA) is 197 Å². The van der Waals surface area contributed by atoms with Crippen LogP contribution in [0.25, 0.3) is 16.7 Å². The Morgan fingerprint density at radius 1 is 0.870 bits per heavy atom. The molecule has 3 aliphatic heterocycles. The first-order valence-electron chi connectivity index (χ1n) is 14.2. The molecule has 0 unspecified atom stereocenters. The van der Waals surface area contributed by atoms with E-state index in [-0.39, 0.29) is 0 Å². The first kappa shape index (κ1) is 31.6. The van der Waals surface area contributed by atoms with Crippen LogP contribution < -0.4 is 31.9 Å². The molecular formula is C32H32N4O8S2. The quantitative estimate of drug-likeness (QED) is 0.0885. The molecule has 0 bridgehead atoms. The fraction of sp³-hybridized carbons (Fsp3) is 0.250. The van der Waals surface area contributed by atoms with E-state index in [4.69, 9.17) is 15.6 Å². The second-order valence-corrected chi connectivity index (χ2v) is 15.6. The smallest absolute Gasteiger partial charge is 0.269 e. The highest BCUT2D eigenvalue weighted by Crippen LogP contribution is 2.44. The van der Waals surface area contributed by atoms with Crippen LogP contribution >= 0.6 is 0 Å². The first-order valence-corrected chi connectivity index (χ1v) is 17.4. The highest BCUT2D eigenvalue weighted by Gasteiger charge is 2.32. The van der Waals surface area contributed by atoms with Crippen LogP contribution in [0.1, 0.15) is 60.3 Å². The van der Waals surface area contributed by atoms with Crippen molar-refractivity contribution >= 4 is 48.6 Å². The third-order valence-corrected chi connectivity index (χ3v) is 9.19. The largest absolute Gasteiger partial charge is 0.456 e. The van der Waals surface area contributed by atoms with Crippen molar-refractivity contribution in [2.75, 3.05) is 16.8 Å². The van der Waals surface area contributed by atoms with Gasteiger partial charge in [0.15, 0.2) is 0 Å². The Morgan fingerprint density at radius 2 is 1.50 bits per heavy atom. The number of hydrazine groups is 1. The van der Waals surface area contributed by atoms with E-state index in [9.17, 15) is 30.7 Å². The van der Waals surface area contributed by atoms with Crippen molar-refractivity contribution in [1.29, 1.82) is 0 Å². The molecule has 6 N–H and O–H groups in total. The van der Waals surface area contributed by atoms with E-state index < -0.39 is 48.7 Å². The number of carbonyl (C=O) groups is 1. The molecule has 0 spiro atoms. The Bertz CT molecular complexity index is 2250. The lowest BCUT2D eigenvalue weighted by Gasteiger charge is -2.34. The Balaban J connectivity index is 1.67. The SMILES string of the molecule is CC1(C)C=C(CS(=O)(=O)O)c2cc3c(cc2=N1)Oc1cc2c(cc1C=3c1ccc(C(=O)NN)cc1)C(CS(=O)(=O)O)=CC(C)(C)N2. The van der Waals surface area contributed by atoms with Crippen molar-refractivity contribution in [2.45, 2.75) is 38.8 Å². The Kier molecular flexibility index (Phi) is 7.29. The normalized spacial score (nSPS) is 17.4. The van der Waals surface area contributed by atoms with E-state index in [0.29, 0.717) is 72.3 Å². The number of nitrogens with two attached hydrogens (primary N) is 1. The van der Waals surface area contributed by atoms with Crippen molar-refractivity contribution in [2.24, 2.45) is 10.8 Å². The van der Waals surface area contributed by atoms with Gasteiger partial charge in [-0.25, -0.2) is 5.84 Å². The third-order valence-electron chi connectivity index (χ3n) is 7.84. The maximum atomic E-state index is 12.2. The average Bonchev–Trinajstić information content (AvgIpc) is 2.91. The van der Waals surface area contributed by atoms with Crippen LogP contribution in [-0.2, 0) is 20.2 Å². The maximum absolute atomic E-state index is 12.2. The molecule has 3 heterocycles. The monoisotopic (exact) mass is 664 g/mol. The molecule has 6 rings (SSSR count). The predicted molar refractivity (Wildman–Crippen MR) is 174 cm³/mol. The van der Waals surface area contributed by atoms with Crippen molar-refractivity contribution < 1.29 is 35.5 Å². The summed E-state index contributed by atoms with van der Waals surface area (Å²) in [6.07, 6.45) is 3.45. The number of ether oxygens (including phenoxy) is 1. The number of anilines is 1. The lowest BCUT2D eigenvalue weighted by molar-refractivity contribution is 0.0953. The summed E-state index contributed by atoms with van der Waals surface area (Å²) in [6.45, 7) is 7.39. The molecule has 0 saturated heterocycles. The molecule has 3 aliphatic rings. The Hall–Kier alpha value is -4.34. The molecule has 1 amide bonds. The van der Waals surface area contributed by atoms with Crippen molar-refractivity contribution in [3.63, 3.8) is 0 Å².